The predicted molar refractivity (Wildman–Crippen MR) is 68.4 cm³/mol. The van der Waals surface area contributed by atoms with Gasteiger partial charge in [-0.25, -0.2) is 8.42 Å². The molecule has 1 aliphatic carbocycles. The number of carbonyl (C=O) groups is 1. The fraction of sp³-hybridized carbons (Fsp3) is 0.750. The van der Waals surface area contributed by atoms with Crippen molar-refractivity contribution in [3.63, 3.8) is 0 Å². The van der Waals surface area contributed by atoms with E-state index in [1.54, 1.807) is 0 Å². The quantitative estimate of drug-likeness (QED) is 0.702. The van der Waals surface area contributed by atoms with Gasteiger partial charge in [0, 0.05) is 6.04 Å². The molecule has 1 saturated carbocycles. The monoisotopic (exact) mass is 270 g/mol. The summed E-state index contributed by atoms with van der Waals surface area (Å²) in [5, 5.41) is 0. The Bertz CT molecular complexity index is 488. The second-order valence-corrected chi connectivity index (χ2v) is 7.43. The molecule has 2 aliphatic rings. The maximum atomic E-state index is 12.3. The van der Waals surface area contributed by atoms with Crippen LogP contribution >= 0.6 is 0 Å². The first-order valence-corrected chi connectivity index (χ1v) is 7.94. The molecule has 2 fully saturated rings. The van der Waals surface area contributed by atoms with Crippen molar-refractivity contribution in [3.05, 3.63) is 0 Å². The minimum absolute atomic E-state index is 0.0104. The summed E-state index contributed by atoms with van der Waals surface area (Å²) in [6, 6.07) is -0.306. The SMILES string of the molecule is C#CCN(C(=O)C1(N)CCC1)C1CCS(=O)(=O)C1. The normalized spacial score (nSPS) is 28.1. The molecular formula is C12H18N2O3S. The van der Waals surface area contributed by atoms with Crippen molar-refractivity contribution in [1.29, 1.82) is 0 Å². The molecule has 0 aromatic carbocycles. The summed E-state index contributed by atoms with van der Waals surface area (Å²) >= 11 is 0. The van der Waals surface area contributed by atoms with E-state index in [0.717, 1.165) is 6.42 Å². The Kier molecular flexibility index (Phi) is 3.39. The van der Waals surface area contributed by atoms with Crippen molar-refractivity contribution in [3.8, 4) is 12.3 Å². The molecule has 1 atom stereocenters. The fourth-order valence-corrected chi connectivity index (χ4v) is 4.27. The number of amides is 1. The van der Waals surface area contributed by atoms with Crippen LogP contribution in [-0.4, -0.2) is 48.9 Å². The Morgan fingerprint density at radius 1 is 1.50 bits per heavy atom. The molecule has 0 aromatic rings. The van der Waals surface area contributed by atoms with E-state index in [1.807, 2.05) is 0 Å². The van der Waals surface area contributed by atoms with Crippen LogP contribution in [0.25, 0.3) is 0 Å². The number of hydrogen-bond acceptors (Lipinski definition) is 4. The van der Waals surface area contributed by atoms with Crippen LogP contribution in [0.4, 0.5) is 0 Å². The highest BCUT2D eigenvalue weighted by atomic mass is 32.2. The lowest BCUT2D eigenvalue weighted by molar-refractivity contribution is -0.141. The summed E-state index contributed by atoms with van der Waals surface area (Å²) in [5.74, 6) is 2.38. The zero-order valence-corrected chi connectivity index (χ0v) is 11.1. The molecule has 1 amide bonds. The third-order valence-corrected chi connectivity index (χ3v) is 5.59. The molecule has 18 heavy (non-hydrogen) atoms. The van der Waals surface area contributed by atoms with Gasteiger partial charge in [-0.2, -0.15) is 0 Å². The summed E-state index contributed by atoms with van der Waals surface area (Å²) in [4.78, 5) is 13.8. The minimum Gasteiger partial charge on any atom is -0.326 e. The molecule has 1 unspecified atom stereocenters. The summed E-state index contributed by atoms with van der Waals surface area (Å²) in [5.41, 5.74) is 5.19. The molecule has 0 aromatic heterocycles. The van der Waals surface area contributed by atoms with Crippen LogP contribution in [0.1, 0.15) is 25.7 Å². The molecule has 1 saturated heterocycles. The average molecular weight is 270 g/mol. The van der Waals surface area contributed by atoms with Crippen LogP contribution < -0.4 is 5.73 Å². The first kappa shape index (κ1) is 13.4. The molecule has 5 nitrogen and oxygen atoms in total. The van der Waals surface area contributed by atoms with Gasteiger partial charge in [-0.1, -0.05) is 5.92 Å². The lowest BCUT2D eigenvalue weighted by Crippen LogP contribution is -2.61. The average Bonchev–Trinajstić information content (AvgIpc) is 2.62. The number of sulfone groups is 1. The topological polar surface area (TPSA) is 80.5 Å². The van der Waals surface area contributed by atoms with E-state index >= 15 is 0 Å². The lowest BCUT2D eigenvalue weighted by Gasteiger charge is -2.41. The van der Waals surface area contributed by atoms with Crippen LogP contribution in [0.3, 0.4) is 0 Å². The van der Waals surface area contributed by atoms with Crippen LogP contribution in [0.5, 0.6) is 0 Å². The van der Waals surface area contributed by atoms with E-state index in [-0.39, 0.29) is 30.0 Å². The van der Waals surface area contributed by atoms with Crippen molar-refractivity contribution < 1.29 is 13.2 Å². The van der Waals surface area contributed by atoms with E-state index in [1.165, 1.54) is 4.90 Å². The smallest absolute Gasteiger partial charge is 0.243 e. The summed E-state index contributed by atoms with van der Waals surface area (Å²) in [7, 11) is -3.03. The molecule has 2 rings (SSSR count). The maximum Gasteiger partial charge on any atom is 0.243 e. The van der Waals surface area contributed by atoms with Gasteiger partial charge in [-0.15, -0.1) is 6.42 Å². The number of rotatable bonds is 3. The number of nitrogens with zero attached hydrogens (tertiary/aromatic N) is 1. The first-order chi connectivity index (χ1) is 8.38. The molecule has 2 N–H and O–H groups in total. The van der Waals surface area contributed by atoms with E-state index < -0.39 is 15.4 Å². The predicted octanol–water partition coefficient (Wildman–Crippen LogP) is -0.483. The molecule has 1 heterocycles. The van der Waals surface area contributed by atoms with Gasteiger partial charge < -0.3 is 10.6 Å². The maximum absolute atomic E-state index is 12.3. The standard InChI is InChI=1S/C12H18N2O3S/c1-2-7-14(10-4-8-18(16,17)9-10)11(15)12(13)5-3-6-12/h1,10H,3-9,13H2. The number of hydrogen-bond donors (Lipinski definition) is 1. The highest BCUT2D eigenvalue weighted by molar-refractivity contribution is 7.91. The Morgan fingerprint density at radius 3 is 2.56 bits per heavy atom. The number of terminal acetylenes is 1. The van der Waals surface area contributed by atoms with E-state index in [0.29, 0.717) is 19.3 Å². The van der Waals surface area contributed by atoms with Gasteiger partial charge in [-0.3, -0.25) is 4.79 Å². The zero-order valence-electron chi connectivity index (χ0n) is 10.3. The second-order valence-electron chi connectivity index (χ2n) is 5.20. The van der Waals surface area contributed by atoms with E-state index in [4.69, 9.17) is 12.2 Å². The van der Waals surface area contributed by atoms with E-state index in [2.05, 4.69) is 5.92 Å². The summed E-state index contributed by atoms with van der Waals surface area (Å²) in [6.07, 6.45) is 7.99. The van der Waals surface area contributed by atoms with Gasteiger partial charge in [0.05, 0.1) is 23.6 Å². The van der Waals surface area contributed by atoms with Crippen LogP contribution in [0, 0.1) is 12.3 Å². The molecular weight excluding hydrogens is 252 g/mol. The number of carbonyl (C=O) groups excluding carboxylic acids is 1. The van der Waals surface area contributed by atoms with Gasteiger partial charge in [0.25, 0.3) is 0 Å². The second kappa shape index (κ2) is 4.56. The van der Waals surface area contributed by atoms with Crippen molar-refractivity contribution in [2.24, 2.45) is 5.73 Å². The largest absolute Gasteiger partial charge is 0.326 e. The zero-order chi connectivity index (χ0) is 13.4. The Labute approximate surface area is 108 Å². The minimum atomic E-state index is -3.03. The van der Waals surface area contributed by atoms with Gasteiger partial charge in [-0.05, 0) is 25.7 Å². The van der Waals surface area contributed by atoms with Crippen molar-refractivity contribution in [2.45, 2.75) is 37.3 Å². The summed E-state index contributed by atoms with van der Waals surface area (Å²) < 4.78 is 23.0. The van der Waals surface area contributed by atoms with Gasteiger partial charge in [0.2, 0.25) is 5.91 Å². The highest BCUT2D eigenvalue weighted by Gasteiger charge is 2.45. The van der Waals surface area contributed by atoms with Gasteiger partial charge in [0.1, 0.15) is 0 Å². The Morgan fingerprint density at radius 2 is 2.17 bits per heavy atom. The number of nitrogens with two attached hydrogens (primary N) is 1. The van der Waals surface area contributed by atoms with Crippen LogP contribution in [-0.2, 0) is 14.6 Å². The molecule has 0 spiro atoms. The fourth-order valence-electron chi connectivity index (χ4n) is 2.54. The Balaban J connectivity index is 2.14. The third-order valence-electron chi connectivity index (χ3n) is 3.84. The molecule has 1 aliphatic heterocycles. The van der Waals surface area contributed by atoms with Gasteiger partial charge >= 0.3 is 0 Å². The van der Waals surface area contributed by atoms with Crippen molar-refractivity contribution in [1.82, 2.24) is 4.90 Å². The summed E-state index contributed by atoms with van der Waals surface area (Å²) in [6.45, 7) is 0.137. The lowest BCUT2D eigenvalue weighted by atomic mass is 9.76. The molecule has 6 heteroatoms. The van der Waals surface area contributed by atoms with Gasteiger partial charge in [0.15, 0.2) is 9.84 Å². The third kappa shape index (κ3) is 2.38. The van der Waals surface area contributed by atoms with Crippen LogP contribution in [0.2, 0.25) is 0 Å². The highest BCUT2D eigenvalue weighted by Crippen LogP contribution is 2.32. The van der Waals surface area contributed by atoms with Crippen LogP contribution in [0.15, 0.2) is 0 Å². The van der Waals surface area contributed by atoms with Crippen molar-refractivity contribution >= 4 is 15.7 Å². The molecule has 0 bridgehead atoms. The molecule has 0 radical (unpaired) electrons. The molecule has 100 valence electrons. The Hall–Kier alpha value is -1.06. The first-order valence-electron chi connectivity index (χ1n) is 6.12. The van der Waals surface area contributed by atoms with E-state index in [9.17, 15) is 13.2 Å². The van der Waals surface area contributed by atoms with Crippen molar-refractivity contribution in [2.75, 3.05) is 18.1 Å².